The smallest absolute Gasteiger partial charge is 0.358 e. The van der Waals surface area contributed by atoms with Crippen molar-refractivity contribution in [3.05, 3.63) is 36.8 Å². The summed E-state index contributed by atoms with van der Waals surface area (Å²) in [5, 5.41) is 27.6. The highest BCUT2D eigenvalue weighted by Crippen LogP contribution is 2.44. The van der Waals surface area contributed by atoms with Crippen molar-refractivity contribution in [1.82, 2.24) is 9.78 Å². The van der Waals surface area contributed by atoms with E-state index in [1.807, 2.05) is 0 Å². The van der Waals surface area contributed by atoms with Gasteiger partial charge in [0.05, 0.1) is 16.9 Å². The molecule has 0 saturated carbocycles. The minimum atomic E-state index is -0.620. The summed E-state index contributed by atoms with van der Waals surface area (Å²) in [4.78, 5) is 23.8. The third-order valence-electron chi connectivity index (χ3n) is 5.03. The molecular weight excluding hydrogens is 446 g/mol. The van der Waals surface area contributed by atoms with Gasteiger partial charge in [-0.2, -0.15) is 9.94 Å². The maximum Gasteiger partial charge on any atom is 0.404 e. The molecule has 1 amide bonds. The van der Waals surface area contributed by atoms with E-state index in [1.54, 1.807) is 0 Å². The average molecular weight is 466 g/mol. The number of halogens is 1. The van der Waals surface area contributed by atoms with Gasteiger partial charge in [0.25, 0.3) is 0 Å². The normalized spacial score (nSPS) is 16.3. The number of fused-ring (bicyclic) bond motifs is 1. The number of hydrogen-bond donors (Lipinski definition) is 1. The lowest BCUT2D eigenvalue weighted by Gasteiger charge is -2.33. The number of nitro groups is 1. The summed E-state index contributed by atoms with van der Waals surface area (Å²) < 4.78 is 1.41. The van der Waals surface area contributed by atoms with Crippen molar-refractivity contribution in [2.24, 2.45) is 11.3 Å². The largest absolute Gasteiger partial charge is 0.404 e. The molecule has 0 saturated heterocycles. The number of aromatic nitrogens is 2. The minimum Gasteiger partial charge on any atom is -0.358 e. The summed E-state index contributed by atoms with van der Waals surface area (Å²) in [6.45, 7) is 6.51. The van der Waals surface area contributed by atoms with Gasteiger partial charge in [-0.25, -0.2) is 0 Å². The van der Waals surface area contributed by atoms with Gasteiger partial charge in [0.15, 0.2) is 0 Å². The lowest BCUT2D eigenvalue weighted by Crippen LogP contribution is -2.26. The van der Waals surface area contributed by atoms with Gasteiger partial charge in [-0.15, -0.1) is 11.3 Å². The lowest BCUT2D eigenvalue weighted by atomic mass is 9.72. The first-order valence-corrected chi connectivity index (χ1v) is 10.4. The topological polar surface area (TPSA) is 114 Å². The second-order valence-corrected chi connectivity index (χ2v) is 9.89. The monoisotopic (exact) mass is 465 g/mol. The Balaban J connectivity index is 1.77. The molecule has 0 spiro atoms. The first-order chi connectivity index (χ1) is 13.1. The van der Waals surface area contributed by atoms with Gasteiger partial charge in [-0.3, -0.25) is 4.79 Å². The molecule has 1 unspecified atom stereocenters. The van der Waals surface area contributed by atoms with E-state index in [2.05, 4.69) is 53.2 Å². The SMILES string of the molecule is CC(C)(C)C1CCc2c(sc(NC(=O)Cn3cc(Br)c([N+](=O)[O-])n3)c2C#N)C1. The fraction of sp³-hybridized carbons (Fsp3) is 0.500. The van der Waals surface area contributed by atoms with Gasteiger partial charge in [0, 0.05) is 4.88 Å². The zero-order valence-corrected chi connectivity index (χ0v) is 18.2. The van der Waals surface area contributed by atoms with Crippen LogP contribution in [0.25, 0.3) is 0 Å². The summed E-state index contributed by atoms with van der Waals surface area (Å²) in [6.07, 6.45) is 4.16. The van der Waals surface area contributed by atoms with E-state index in [0.717, 1.165) is 29.7 Å². The molecule has 148 valence electrons. The molecule has 2 aromatic heterocycles. The Morgan fingerprint density at radius 3 is 2.86 bits per heavy atom. The Morgan fingerprint density at radius 1 is 1.57 bits per heavy atom. The highest BCUT2D eigenvalue weighted by molar-refractivity contribution is 9.10. The lowest BCUT2D eigenvalue weighted by molar-refractivity contribution is -0.390. The molecule has 1 atom stereocenters. The van der Waals surface area contributed by atoms with Gasteiger partial charge in [-0.05, 0) is 57.0 Å². The number of anilines is 1. The predicted molar refractivity (Wildman–Crippen MR) is 109 cm³/mol. The third-order valence-corrected chi connectivity index (χ3v) is 6.76. The van der Waals surface area contributed by atoms with Crippen LogP contribution in [0.1, 0.15) is 43.2 Å². The zero-order valence-electron chi connectivity index (χ0n) is 15.8. The van der Waals surface area contributed by atoms with Crippen molar-refractivity contribution >= 4 is 44.0 Å². The zero-order chi connectivity index (χ0) is 20.6. The van der Waals surface area contributed by atoms with Crippen LogP contribution in [0, 0.1) is 32.8 Å². The molecule has 28 heavy (non-hydrogen) atoms. The number of hydrogen-bond acceptors (Lipinski definition) is 6. The van der Waals surface area contributed by atoms with Crippen molar-refractivity contribution < 1.29 is 9.72 Å². The van der Waals surface area contributed by atoms with Crippen LogP contribution in [0.5, 0.6) is 0 Å². The van der Waals surface area contributed by atoms with Crippen LogP contribution in [0.4, 0.5) is 10.8 Å². The van der Waals surface area contributed by atoms with Crippen LogP contribution in [-0.2, 0) is 24.2 Å². The van der Waals surface area contributed by atoms with E-state index in [-0.39, 0.29) is 28.2 Å². The predicted octanol–water partition coefficient (Wildman–Crippen LogP) is 4.28. The van der Waals surface area contributed by atoms with E-state index in [9.17, 15) is 20.2 Å². The summed E-state index contributed by atoms with van der Waals surface area (Å²) >= 11 is 4.52. The number of nitriles is 1. The fourth-order valence-corrected chi connectivity index (χ4v) is 5.19. The minimum absolute atomic E-state index is 0.176. The van der Waals surface area contributed by atoms with Gasteiger partial charge in [0.1, 0.15) is 22.1 Å². The molecule has 2 aromatic rings. The van der Waals surface area contributed by atoms with Gasteiger partial charge in [-0.1, -0.05) is 20.8 Å². The van der Waals surface area contributed by atoms with E-state index < -0.39 is 4.92 Å². The van der Waals surface area contributed by atoms with Crippen molar-refractivity contribution in [2.75, 3.05) is 5.32 Å². The highest BCUT2D eigenvalue weighted by atomic mass is 79.9. The average Bonchev–Trinajstić information content (AvgIpc) is 3.12. The molecule has 10 heteroatoms. The van der Waals surface area contributed by atoms with Crippen LogP contribution in [0.15, 0.2) is 10.7 Å². The van der Waals surface area contributed by atoms with Crippen molar-refractivity contribution in [3.63, 3.8) is 0 Å². The van der Waals surface area contributed by atoms with E-state index in [1.165, 1.54) is 22.2 Å². The van der Waals surface area contributed by atoms with Gasteiger partial charge in [0.2, 0.25) is 5.91 Å². The number of amides is 1. The Morgan fingerprint density at radius 2 is 2.29 bits per heavy atom. The number of carbonyl (C=O) groups is 1. The van der Waals surface area contributed by atoms with E-state index in [4.69, 9.17) is 0 Å². The second-order valence-electron chi connectivity index (χ2n) is 7.93. The van der Waals surface area contributed by atoms with Crippen molar-refractivity contribution in [3.8, 4) is 6.07 Å². The van der Waals surface area contributed by atoms with Crippen molar-refractivity contribution in [1.29, 1.82) is 5.26 Å². The summed E-state index contributed by atoms with van der Waals surface area (Å²) in [5.74, 6) is -0.187. The summed E-state index contributed by atoms with van der Waals surface area (Å²) in [5.41, 5.74) is 1.77. The van der Waals surface area contributed by atoms with Crippen LogP contribution >= 0.6 is 27.3 Å². The van der Waals surface area contributed by atoms with Crippen LogP contribution in [-0.4, -0.2) is 20.6 Å². The molecule has 0 radical (unpaired) electrons. The Labute approximate surface area is 174 Å². The molecule has 0 bridgehead atoms. The molecule has 1 aliphatic rings. The Bertz CT molecular complexity index is 983. The Hall–Kier alpha value is -2.25. The maximum absolute atomic E-state index is 12.4. The first-order valence-electron chi connectivity index (χ1n) is 8.82. The maximum atomic E-state index is 12.4. The van der Waals surface area contributed by atoms with E-state index >= 15 is 0 Å². The standard InChI is InChI=1S/C18H20BrN5O3S/c1-18(2,3)10-4-5-11-12(7-20)17(28-14(11)6-10)21-15(25)9-23-8-13(19)16(22-23)24(26)27/h8,10H,4-6,9H2,1-3H3,(H,21,25). The molecule has 0 aromatic carbocycles. The van der Waals surface area contributed by atoms with Gasteiger partial charge < -0.3 is 15.4 Å². The number of thiophene rings is 1. The molecule has 2 heterocycles. The van der Waals surface area contributed by atoms with Crippen LogP contribution in [0.2, 0.25) is 0 Å². The number of nitrogens with one attached hydrogen (secondary N) is 1. The summed E-state index contributed by atoms with van der Waals surface area (Å²) in [7, 11) is 0. The molecule has 8 nitrogen and oxygen atoms in total. The number of nitrogens with zero attached hydrogens (tertiary/aromatic N) is 4. The molecule has 1 N–H and O–H groups in total. The number of rotatable bonds is 4. The summed E-state index contributed by atoms with van der Waals surface area (Å²) in [6, 6.07) is 2.23. The number of carbonyl (C=O) groups excluding carboxylic acids is 1. The van der Waals surface area contributed by atoms with E-state index in [0.29, 0.717) is 16.5 Å². The second kappa shape index (κ2) is 7.64. The first kappa shape index (κ1) is 20.5. The highest BCUT2D eigenvalue weighted by Gasteiger charge is 2.32. The quantitative estimate of drug-likeness (QED) is 0.534. The molecule has 0 aliphatic heterocycles. The molecule has 3 rings (SSSR count). The molecule has 1 aliphatic carbocycles. The fourth-order valence-electron chi connectivity index (χ4n) is 3.44. The third kappa shape index (κ3) is 4.10. The van der Waals surface area contributed by atoms with Crippen molar-refractivity contribution in [2.45, 2.75) is 46.6 Å². The van der Waals surface area contributed by atoms with Crippen LogP contribution < -0.4 is 5.32 Å². The Kier molecular flexibility index (Phi) is 5.59. The molecule has 0 fully saturated rings. The van der Waals surface area contributed by atoms with Crippen LogP contribution in [0.3, 0.4) is 0 Å². The van der Waals surface area contributed by atoms with Gasteiger partial charge >= 0.3 is 5.82 Å². The molecular formula is C18H20BrN5O3S.